The van der Waals surface area contributed by atoms with Crippen molar-refractivity contribution in [2.75, 3.05) is 0 Å². The summed E-state index contributed by atoms with van der Waals surface area (Å²) in [7, 11) is 0. The molecule has 3 heterocycles. The molecule has 3 unspecified atom stereocenters. The molecule has 4 nitrogen and oxygen atoms in total. The molecule has 0 radical (unpaired) electrons. The standard InChI is InChI=1S/C27H34N4S/c1-24(2)18-9-11-26(24,5)21-16(18)14-30(28-21)23(20-8-7-13-32-20)31-15-17-19-10-12-27(6,22(17)29-31)25(19,3)4/h7-8,13-15,18-19,23H,9-12H2,1-6H3/t18-,19?,23?,26+,27?/m1/s1. The van der Waals surface area contributed by atoms with Crippen molar-refractivity contribution in [3.8, 4) is 0 Å². The second kappa shape index (κ2) is 5.60. The molecule has 2 fully saturated rings. The molecule has 0 amide bonds. The van der Waals surface area contributed by atoms with Gasteiger partial charge < -0.3 is 0 Å². The van der Waals surface area contributed by atoms with E-state index >= 15 is 0 Å². The van der Waals surface area contributed by atoms with E-state index in [0.29, 0.717) is 22.7 Å². The van der Waals surface area contributed by atoms with Gasteiger partial charge in [-0.1, -0.05) is 47.6 Å². The summed E-state index contributed by atoms with van der Waals surface area (Å²) in [5, 5.41) is 12.8. The molecule has 0 aromatic carbocycles. The normalized spacial score (nSPS) is 35.9. The van der Waals surface area contributed by atoms with Gasteiger partial charge in [-0.15, -0.1) is 11.3 Å². The van der Waals surface area contributed by atoms with Crippen molar-refractivity contribution in [2.45, 2.75) is 96.1 Å². The molecule has 0 saturated heterocycles. The maximum absolute atomic E-state index is 5.32. The molecule has 3 aromatic rings. The summed E-state index contributed by atoms with van der Waals surface area (Å²) in [5.41, 5.74) is 6.61. The molecule has 168 valence electrons. The molecule has 0 spiro atoms. The Bertz CT molecular complexity index is 1160. The molecule has 5 atom stereocenters. The van der Waals surface area contributed by atoms with Gasteiger partial charge in [-0.2, -0.15) is 10.2 Å². The van der Waals surface area contributed by atoms with Crippen molar-refractivity contribution < 1.29 is 0 Å². The molecule has 4 aliphatic rings. The lowest BCUT2D eigenvalue weighted by molar-refractivity contribution is 0.218. The smallest absolute Gasteiger partial charge is 0.177 e. The van der Waals surface area contributed by atoms with Gasteiger partial charge in [0.1, 0.15) is 0 Å². The summed E-state index contributed by atoms with van der Waals surface area (Å²) in [5.74, 6) is 1.25. The van der Waals surface area contributed by atoms with Crippen LogP contribution in [0.4, 0.5) is 0 Å². The first kappa shape index (κ1) is 19.6. The van der Waals surface area contributed by atoms with Crippen molar-refractivity contribution in [3.63, 3.8) is 0 Å². The number of fused-ring (bicyclic) bond motifs is 10. The molecule has 4 bridgehead atoms. The van der Waals surface area contributed by atoms with Gasteiger partial charge in [-0.3, -0.25) is 0 Å². The average molecular weight is 447 g/mol. The fourth-order valence-corrected chi connectivity index (χ4v) is 9.00. The summed E-state index contributed by atoms with van der Waals surface area (Å²) in [4.78, 5) is 1.31. The average Bonchev–Trinajstić information content (AvgIpc) is 3.54. The van der Waals surface area contributed by atoms with E-state index < -0.39 is 0 Å². The zero-order chi connectivity index (χ0) is 22.3. The predicted octanol–water partition coefficient (Wildman–Crippen LogP) is 6.59. The minimum absolute atomic E-state index is 0.00317. The van der Waals surface area contributed by atoms with Crippen molar-refractivity contribution in [1.82, 2.24) is 19.6 Å². The lowest BCUT2D eigenvalue weighted by atomic mass is 9.70. The number of thiophene rings is 1. The molecule has 4 aliphatic carbocycles. The Morgan fingerprint density at radius 3 is 1.75 bits per heavy atom. The van der Waals surface area contributed by atoms with E-state index in [1.54, 1.807) is 0 Å². The number of aromatic nitrogens is 4. The van der Waals surface area contributed by atoms with E-state index in [0.717, 1.165) is 0 Å². The van der Waals surface area contributed by atoms with E-state index in [-0.39, 0.29) is 17.0 Å². The lowest BCUT2D eigenvalue weighted by Gasteiger charge is -2.35. The second-order valence-electron chi connectivity index (χ2n) is 12.5. The van der Waals surface area contributed by atoms with Crippen LogP contribution in [0.3, 0.4) is 0 Å². The van der Waals surface area contributed by atoms with E-state index in [4.69, 9.17) is 10.2 Å². The fourth-order valence-electron chi connectivity index (χ4n) is 8.19. The van der Waals surface area contributed by atoms with Crippen LogP contribution in [0.2, 0.25) is 0 Å². The highest BCUT2D eigenvalue weighted by Gasteiger charge is 2.62. The van der Waals surface area contributed by atoms with Crippen LogP contribution in [0, 0.1) is 10.8 Å². The summed E-state index contributed by atoms with van der Waals surface area (Å²) in [6, 6.07) is 4.40. The lowest BCUT2D eigenvalue weighted by Crippen LogP contribution is -2.33. The first-order chi connectivity index (χ1) is 15.1. The Labute approximate surface area is 195 Å². The third-order valence-electron chi connectivity index (χ3n) is 11.1. The van der Waals surface area contributed by atoms with Crippen LogP contribution in [-0.4, -0.2) is 19.6 Å². The second-order valence-corrected chi connectivity index (χ2v) is 13.5. The van der Waals surface area contributed by atoms with Gasteiger partial charge >= 0.3 is 0 Å². The fraction of sp³-hybridized carbons (Fsp3) is 0.630. The Kier molecular flexibility index (Phi) is 3.43. The molecule has 2 saturated carbocycles. The highest BCUT2D eigenvalue weighted by atomic mass is 32.1. The monoisotopic (exact) mass is 446 g/mol. The molecule has 3 aromatic heterocycles. The summed E-state index contributed by atoms with van der Waals surface area (Å²) in [6.07, 6.45) is 9.82. The van der Waals surface area contributed by atoms with E-state index in [1.807, 2.05) is 11.3 Å². The molecule has 7 rings (SSSR count). The first-order valence-electron chi connectivity index (χ1n) is 12.3. The van der Waals surface area contributed by atoms with Gasteiger partial charge in [0.2, 0.25) is 0 Å². The van der Waals surface area contributed by atoms with Gasteiger partial charge in [-0.25, -0.2) is 9.36 Å². The van der Waals surface area contributed by atoms with E-state index in [9.17, 15) is 0 Å². The van der Waals surface area contributed by atoms with Gasteiger partial charge in [-0.05, 0) is 70.9 Å². The van der Waals surface area contributed by atoms with Crippen molar-refractivity contribution >= 4 is 11.3 Å². The van der Waals surface area contributed by atoms with Crippen LogP contribution in [0.5, 0.6) is 0 Å². The maximum Gasteiger partial charge on any atom is 0.177 e. The predicted molar refractivity (Wildman–Crippen MR) is 129 cm³/mol. The quantitative estimate of drug-likeness (QED) is 0.455. The molecular weight excluding hydrogens is 412 g/mol. The van der Waals surface area contributed by atoms with Crippen LogP contribution in [0.15, 0.2) is 29.9 Å². The van der Waals surface area contributed by atoms with Crippen molar-refractivity contribution in [1.29, 1.82) is 0 Å². The van der Waals surface area contributed by atoms with E-state index in [1.165, 1.54) is 53.1 Å². The minimum Gasteiger partial charge on any atom is -0.242 e. The number of hydrogen-bond donors (Lipinski definition) is 0. The Morgan fingerprint density at radius 2 is 1.34 bits per heavy atom. The van der Waals surface area contributed by atoms with E-state index in [2.05, 4.69) is 80.8 Å². The van der Waals surface area contributed by atoms with Crippen LogP contribution in [-0.2, 0) is 10.8 Å². The zero-order valence-electron chi connectivity index (χ0n) is 20.1. The number of hydrogen-bond acceptors (Lipinski definition) is 3. The topological polar surface area (TPSA) is 35.6 Å². The Balaban J connectivity index is 1.37. The first-order valence-corrected chi connectivity index (χ1v) is 13.2. The van der Waals surface area contributed by atoms with Gasteiger partial charge in [0.15, 0.2) is 6.17 Å². The highest BCUT2D eigenvalue weighted by molar-refractivity contribution is 7.10. The van der Waals surface area contributed by atoms with Crippen LogP contribution >= 0.6 is 11.3 Å². The summed E-state index contributed by atoms with van der Waals surface area (Å²) in [6.45, 7) is 14.7. The SMILES string of the molecule is CC12CCC(c3cn(C(c4cccs4)n4cc5c(n4)[C@]4(C)CC[C@H]5C4(C)C)nc31)C2(C)C. The summed E-state index contributed by atoms with van der Waals surface area (Å²) >= 11 is 1.81. The largest absolute Gasteiger partial charge is 0.242 e. The highest BCUT2D eigenvalue weighted by Crippen LogP contribution is 2.68. The van der Waals surface area contributed by atoms with Gasteiger partial charge in [0, 0.05) is 23.2 Å². The van der Waals surface area contributed by atoms with Crippen molar-refractivity contribution in [3.05, 3.63) is 57.3 Å². The third-order valence-corrected chi connectivity index (χ3v) is 12.0. The molecule has 32 heavy (non-hydrogen) atoms. The van der Waals surface area contributed by atoms with Crippen LogP contribution in [0.1, 0.15) is 113 Å². The maximum atomic E-state index is 5.32. The minimum atomic E-state index is 0.00317. The Morgan fingerprint density at radius 1 is 0.844 bits per heavy atom. The third kappa shape index (κ3) is 1.94. The van der Waals surface area contributed by atoms with Crippen LogP contribution < -0.4 is 0 Å². The number of nitrogens with zero attached hydrogens (tertiary/aromatic N) is 4. The van der Waals surface area contributed by atoms with Crippen LogP contribution in [0.25, 0.3) is 0 Å². The molecule has 5 heteroatoms. The zero-order valence-corrected chi connectivity index (χ0v) is 21.0. The summed E-state index contributed by atoms with van der Waals surface area (Å²) < 4.78 is 4.47. The van der Waals surface area contributed by atoms with Crippen molar-refractivity contribution in [2.24, 2.45) is 10.8 Å². The van der Waals surface area contributed by atoms with Gasteiger partial charge in [0.05, 0.1) is 16.3 Å². The molecule has 0 aliphatic heterocycles. The molecular formula is C27H34N4S. The number of rotatable bonds is 3. The molecule has 0 N–H and O–H groups in total. The Hall–Kier alpha value is -1.88. The van der Waals surface area contributed by atoms with Gasteiger partial charge in [0.25, 0.3) is 0 Å².